The molecule has 1 aliphatic rings. The Morgan fingerprint density at radius 2 is 1.62 bits per heavy atom. The Morgan fingerprint density at radius 3 is 2.28 bits per heavy atom. The number of hydrogen-bond acceptors (Lipinski definition) is 4. The number of nitrogens with zero attached hydrogens (tertiary/aromatic N) is 4. The fourth-order valence-corrected chi connectivity index (χ4v) is 3.78. The van der Waals surface area contributed by atoms with E-state index < -0.39 is 0 Å². The summed E-state index contributed by atoms with van der Waals surface area (Å²) in [6, 6.07) is 13.9. The molecular formula is C22H24FN5O. The molecule has 0 bridgehead atoms. The third kappa shape index (κ3) is 4.68. The molecule has 1 fully saturated rings. The first-order valence-corrected chi connectivity index (χ1v) is 9.93. The number of piperidine rings is 1. The Kier molecular flexibility index (Phi) is 5.95. The van der Waals surface area contributed by atoms with Gasteiger partial charge in [-0.15, -0.1) is 10.2 Å². The minimum atomic E-state index is -0.247. The second-order valence-electron chi connectivity index (χ2n) is 7.29. The Balaban J connectivity index is 1.44. The quantitative estimate of drug-likeness (QED) is 0.698. The van der Waals surface area contributed by atoms with Crippen LogP contribution in [0.15, 0.2) is 61.2 Å². The van der Waals surface area contributed by atoms with Crippen LogP contribution in [0.4, 0.5) is 4.39 Å². The zero-order valence-corrected chi connectivity index (χ0v) is 16.2. The van der Waals surface area contributed by atoms with E-state index in [1.165, 1.54) is 18.6 Å². The molecule has 0 spiro atoms. The van der Waals surface area contributed by atoms with Gasteiger partial charge in [0.05, 0.1) is 6.04 Å². The van der Waals surface area contributed by atoms with Crippen molar-refractivity contribution in [3.63, 3.8) is 0 Å². The van der Waals surface area contributed by atoms with Crippen LogP contribution in [0.1, 0.15) is 41.2 Å². The van der Waals surface area contributed by atoms with Gasteiger partial charge < -0.3 is 5.32 Å². The number of amides is 1. The third-order valence-electron chi connectivity index (χ3n) is 5.39. The highest BCUT2D eigenvalue weighted by Crippen LogP contribution is 2.24. The normalized spacial score (nSPS) is 15.8. The summed E-state index contributed by atoms with van der Waals surface area (Å²) in [4.78, 5) is 15.1. The largest absolute Gasteiger partial charge is 0.350 e. The molecule has 29 heavy (non-hydrogen) atoms. The van der Waals surface area contributed by atoms with Crippen LogP contribution >= 0.6 is 0 Å². The highest BCUT2D eigenvalue weighted by Gasteiger charge is 2.23. The number of benzene rings is 2. The Hall–Kier alpha value is -3.06. The molecule has 2 heterocycles. The van der Waals surface area contributed by atoms with Gasteiger partial charge in [-0.05, 0) is 67.9 Å². The first-order valence-electron chi connectivity index (χ1n) is 9.93. The Bertz CT molecular complexity index is 919. The lowest BCUT2D eigenvalue weighted by Gasteiger charge is -2.35. The predicted octanol–water partition coefficient (Wildman–Crippen LogP) is 3.36. The number of carbonyl (C=O) groups is 1. The summed E-state index contributed by atoms with van der Waals surface area (Å²) in [6.45, 7) is 2.47. The first kappa shape index (κ1) is 19.3. The molecule has 1 amide bonds. The van der Waals surface area contributed by atoms with Gasteiger partial charge in [0.25, 0.3) is 5.91 Å². The highest BCUT2D eigenvalue weighted by atomic mass is 19.1. The van der Waals surface area contributed by atoms with E-state index in [-0.39, 0.29) is 17.8 Å². The zero-order valence-electron chi connectivity index (χ0n) is 16.2. The molecule has 1 aromatic heterocycles. The number of nitrogens with one attached hydrogen (secondary N) is 1. The van der Waals surface area contributed by atoms with Crippen LogP contribution < -0.4 is 5.32 Å². The monoisotopic (exact) mass is 393 g/mol. The van der Waals surface area contributed by atoms with E-state index >= 15 is 0 Å². The van der Waals surface area contributed by atoms with Gasteiger partial charge in [0.15, 0.2) is 0 Å². The lowest BCUT2D eigenvalue weighted by molar-refractivity contribution is 0.0924. The predicted molar refractivity (Wildman–Crippen MR) is 108 cm³/mol. The standard InChI is InChI=1S/C22H24FN5O/c23-19-8-4-17(5-9-19)21(27-12-2-1-3-13-27)14-24-22(29)18-6-10-20(11-7-18)28-15-25-26-16-28/h4-11,15-16,21H,1-3,12-14H2,(H,24,29). The second-order valence-corrected chi connectivity index (χ2v) is 7.29. The summed E-state index contributed by atoms with van der Waals surface area (Å²) in [7, 11) is 0. The van der Waals surface area contributed by atoms with Crippen LogP contribution in [0.3, 0.4) is 0 Å². The van der Waals surface area contributed by atoms with Gasteiger partial charge in [-0.1, -0.05) is 18.6 Å². The van der Waals surface area contributed by atoms with E-state index in [0.717, 1.165) is 37.2 Å². The molecular weight excluding hydrogens is 369 g/mol. The Morgan fingerprint density at radius 1 is 0.966 bits per heavy atom. The third-order valence-corrected chi connectivity index (χ3v) is 5.39. The second kappa shape index (κ2) is 8.96. The number of aromatic nitrogens is 3. The van der Waals surface area contributed by atoms with Crippen LogP contribution in [-0.4, -0.2) is 45.2 Å². The molecule has 1 N–H and O–H groups in total. The minimum Gasteiger partial charge on any atom is -0.350 e. The molecule has 0 radical (unpaired) electrons. The van der Waals surface area contributed by atoms with Crippen molar-refractivity contribution in [2.45, 2.75) is 25.3 Å². The van der Waals surface area contributed by atoms with Gasteiger partial charge in [-0.3, -0.25) is 14.3 Å². The first-order chi connectivity index (χ1) is 14.2. The van der Waals surface area contributed by atoms with Gasteiger partial charge in [0, 0.05) is 17.8 Å². The molecule has 7 heteroatoms. The van der Waals surface area contributed by atoms with Crippen molar-refractivity contribution in [3.05, 3.63) is 78.1 Å². The van der Waals surface area contributed by atoms with Crippen LogP contribution in [0, 0.1) is 5.82 Å². The SMILES string of the molecule is O=C(NCC(c1ccc(F)cc1)N1CCCCC1)c1ccc(-n2cnnc2)cc1. The van der Waals surface area contributed by atoms with Gasteiger partial charge in [-0.2, -0.15) is 0 Å². The summed E-state index contributed by atoms with van der Waals surface area (Å²) in [6.07, 6.45) is 6.76. The minimum absolute atomic E-state index is 0.0381. The summed E-state index contributed by atoms with van der Waals surface area (Å²) >= 11 is 0. The molecule has 3 aromatic rings. The number of hydrogen-bond donors (Lipinski definition) is 1. The maximum atomic E-state index is 13.4. The summed E-state index contributed by atoms with van der Waals surface area (Å²) in [5.41, 5.74) is 2.51. The van der Waals surface area contributed by atoms with Crippen molar-refractivity contribution in [1.82, 2.24) is 25.0 Å². The van der Waals surface area contributed by atoms with Gasteiger partial charge in [0.2, 0.25) is 0 Å². The summed E-state index contributed by atoms with van der Waals surface area (Å²) in [5, 5.41) is 10.6. The van der Waals surface area contributed by atoms with Crippen LogP contribution in [0.25, 0.3) is 5.69 Å². The van der Waals surface area contributed by atoms with Gasteiger partial charge in [0.1, 0.15) is 18.5 Å². The van der Waals surface area contributed by atoms with Crippen molar-refractivity contribution in [3.8, 4) is 5.69 Å². The average Bonchev–Trinajstić information content (AvgIpc) is 3.31. The molecule has 2 aromatic carbocycles. The molecule has 150 valence electrons. The van der Waals surface area contributed by atoms with Crippen molar-refractivity contribution in [2.24, 2.45) is 0 Å². The van der Waals surface area contributed by atoms with E-state index in [1.807, 2.05) is 24.3 Å². The number of halogens is 1. The van der Waals surface area contributed by atoms with E-state index in [4.69, 9.17) is 0 Å². The molecule has 1 saturated heterocycles. The van der Waals surface area contributed by atoms with Crippen molar-refractivity contribution >= 4 is 5.91 Å². The number of likely N-dealkylation sites (tertiary alicyclic amines) is 1. The molecule has 1 atom stereocenters. The maximum absolute atomic E-state index is 13.4. The summed E-state index contributed by atoms with van der Waals surface area (Å²) < 4.78 is 15.1. The molecule has 6 nitrogen and oxygen atoms in total. The van der Waals surface area contributed by atoms with Crippen molar-refractivity contribution in [1.29, 1.82) is 0 Å². The van der Waals surface area contributed by atoms with Crippen molar-refractivity contribution in [2.75, 3.05) is 19.6 Å². The summed E-state index contributed by atoms with van der Waals surface area (Å²) in [5.74, 6) is -0.368. The van der Waals surface area contributed by atoms with E-state index in [2.05, 4.69) is 20.4 Å². The highest BCUT2D eigenvalue weighted by molar-refractivity contribution is 5.94. The van der Waals surface area contributed by atoms with Gasteiger partial charge >= 0.3 is 0 Å². The van der Waals surface area contributed by atoms with E-state index in [9.17, 15) is 9.18 Å². The van der Waals surface area contributed by atoms with Gasteiger partial charge in [-0.25, -0.2) is 4.39 Å². The fraction of sp³-hybridized carbons (Fsp3) is 0.318. The number of rotatable bonds is 6. The van der Waals surface area contributed by atoms with E-state index in [0.29, 0.717) is 12.1 Å². The lowest BCUT2D eigenvalue weighted by atomic mass is 10.0. The van der Waals surface area contributed by atoms with Crippen LogP contribution in [0.2, 0.25) is 0 Å². The molecule has 1 aliphatic heterocycles. The average molecular weight is 393 g/mol. The van der Waals surface area contributed by atoms with Crippen molar-refractivity contribution < 1.29 is 9.18 Å². The zero-order chi connectivity index (χ0) is 20.1. The molecule has 0 aliphatic carbocycles. The maximum Gasteiger partial charge on any atom is 0.251 e. The topological polar surface area (TPSA) is 63.1 Å². The fourth-order valence-electron chi connectivity index (χ4n) is 3.78. The Labute approximate surface area is 169 Å². The van der Waals surface area contributed by atoms with E-state index in [1.54, 1.807) is 29.4 Å². The molecule has 0 saturated carbocycles. The van der Waals surface area contributed by atoms with Crippen LogP contribution in [-0.2, 0) is 0 Å². The van der Waals surface area contributed by atoms with Crippen LogP contribution in [0.5, 0.6) is 0 Å². The number of carbonyl (C=O) groups excluding carboxylic acids is 1. The smallest absolute Gasteiger partial charge is 0.251 e. The lowest BCUT2D eigenvalue weighted by Crippen LogP contribution is -2.40. The molecule has 4 rings (SSSR count). The molecule has 1 unspecified atom stereocenters.